The topological polar surface area (TPSA) is 50.3 Å². The van der Waals surface area contributed by atoms with E-state index >= 15 is 0 Å². The van der Waals surface area contributed by atoms with Gasteiger partial charge in [-0.3, -0.25) is 0 Å². The lowest BCUT2D eigenvalue weighted by Gasteiger charge is -2.17. The zero-order valence-electron chi connectivity index (χ0n) is 11.7. The van der Waals surface area contributed by atoms with Crippen LogP contribution in [-0.4, -0.2) is 42.3 Å². The molecule has 0 spiro atoms. The minimum atomic E-state index is 0.320. The fourth-order valence-electron chi connectivity index (χ4n) is 2.45. The van der Waals surface area contributed by atoms with E-state index in [1.54, 1.807) is 7.11 Å². The smallest absolute Gasteiger partial charge is 0.225 e. The minimum absolute atomic E-state index is 0.320. The number of aryl methyl sites for hydroxylation is 1. The summed E-state index contributed by atoms with van der Waals surface area (Å²) in [5.74, 6) is 0.840. The summed E-state index contributed by atoms with van der Waals surface area (Å²) in [6.07, 6.45) is 5.96. The maximum absolute atomic E-state index is 5.38. The summed E-state index contributed by atoms with van der Waals surface area (Å²) in [4.78, 5) is 11.4. The molecule has 19 heavy (non-hydrogen) atoms. The fraction of sp³-hybridized carbons (Fsp3) is 0.714. The molecule has 0 bridgehead atoms. The molecule has 1 aromatic heterocycles. The standard InChI is InChI=1S/C14H22N4O/c1-10-11(7-15-12-3-4-12)8-16-14(17-10)18-6-5-13(9-18)19-2/h8,12-13,15H,3-7,9H2,1-2H3. The van der Waals surface area contributed by atoms with Crippen molar-refractivity contribution < 1.29 is 4.74 Å². The van der Waals surface area contributed by atoms with E-state index in [9.17, 15) is 0 Å². The van der Waals surface area contributed by atoms with Gasteiger partial charge in [0.15, 0.2) is 0 Å². The second-order valence-electron chi connectivity index (χ2n) is 5.53. The van der Waals surface area contributed by atoms with Crippen LogP contribution < -0.4 is 10.2 Å². The van der Waals surface area contributed by atoms with Gasteiger partial charge in [-0.2, -0.15) is 0 Å². The molecular weight excluding hydrogens is 240 g/mol. The van der Waals surface area contributed by atoms with Gasteiger partial charge in [-0.15, -0.1) is 0 Å². The zero-order valence-corrected chi connectivity index (χ0v) is 11.7. The van der Waals surface area contributed by atoms with Gasteiger partial charge in [-0.05, 0) is 26.2 Å². The predicted octanol–water partition coefficient (Wildman–Crippen LogP) is 1.26. The number of methoxy groups -OCH3 is 1. The lowest BCUT2D eigenvalue weighted by Crippen LogP contribution is -2.25. The molecule has 5 nitrogen and oxygen atoms in total. The average Bonchev–Trinajstić information content (AvgIpc) is 3.12. The van der Waals surface area contributed by atoms with Crippen LogP contribution in [0, 0.1) is 6.92 Å². The molecule has 1 saturated heterocycles. The van der Waals surface area contributed by atoms with Crippen molar-refractivity contribution in [1.82, 2.24) is 15.3 Å². The molecule has 104 valence electrons. The number of hydrogen-bond donors (Lipinski definition) is 1. The third-order valence-electron chi connectivity index (χ3n) is 3.99. The van der Waals surface area contributed by atoms with Crippen LogP contribution in [0.5, 0.6) is 0 Å². The lowest BCUT2D eigenvalue weighted by atomic mass is 10.2. The van der Waals surface area contributed by atoms with Crippen LogP contribution in [0.4, 0.5) is 5.95 Å². The van der Waals surface area contributed by atoms with Crippen LogP contribution in [0.1, 0.15) is 30.5 Å². The van der Waals surface area contributed by atoms with Crippen LogP contribution in [-0.2, 0) is 11.3 Å². The molecule has 1 atom stereocenters. The summed E-state index contributed by atoms with van der Waals surface area (Å²) in [5, 5.41) is 3.51. The van der Waals surface area contributed by atoms with Crippen LogP contribution in [0.15, 0.2) is 6.20 Å². The maximum Gasteiger partial charge on any atom is 0.225 e. The molecule has 5 heteroatoms. The molecule has 1 aliphatic heterocycles. The van der Waals surface area contributed by atoms with Crippen molar-refractivity contribution in [2.24, 2.45) is 0 Å². The van der Waals surface area contributed by atoms with Crippen molar-refractivity contribution in [1.29, 1.82) is 0 Å². The Bertz CT molecular complexity index is 447. The van der Waals surface area contributed by atoms with Crippen molar-refractivity contribution in [2.75, 3.05) is 25.1 Å². The number of nitrogens with one attached hydrogen (secondary N) is 1. The predicted molar refractivity (Wildman–Crippen MR) is 74.3 cm³/mol. The first kappa shape index (κ1) is 12.8. The first-order chi connectivity index (χ1) is 9.26. The molecule has 1 aromatic rings. The Morgan fingerprint density at radius 1 is 1.42 bits per heavy atom. The summed E-state index contributed by atoms with van der Waals surface area (Å²) in [7, 11) is 1.77. The normalized spacial score (nSPS) is 23.1. The third-order valence-corrected chi connectivity index (χ3v) is 3.99. The molecule has 0 radical (unpaired) electrons. The van der Waals surface area contributed by atoms with Gasteiger partial charge in [-0.25, -0.2) is 9.97 Å². The van der Waals surface area contributed by atoms with E-state index in [1.807, 2.05) is 6.20 Å². The molecular formula is C14H22N4O. The quantitative estimate of drug-likeness (QED) is 0.866. The van der Waals surface area contributed by atoms with Crippen molar-refractivity contribution in [3.05, 3.63) is 17.5 Å². The van der Waals surface area contributed by atoms with Gasteiger partial charge in [0.05, 0.1) is 6.10 Å². The third kappa shape index (κ3) is 3.04. The lowest BCUT2D eigenvalue weighted by molar-refractivity contribution is 0.121. The maximum atomic E-state index is 5.38. The van der Waals surface area contributed by atoms with E-state index in [0.717, 1.165) is 43.7 Å². The van der Waals surface area contributed by atoms with Crippen LogP contribution in [0.25, 0.3) is 0 Å². The Hall–Kier alpha value is -1.20. The molecule has 2 fully saturated rings. The number of aromatic nitrogens is 2. The monoisotopic (exact) mass is 262 g/mol. The molecule has 0 aromatic carbocycles. The number of hydrogen-bond acceptors (Lipinski definition) is 5. The Kier molecular flexibility index (Phi) is 3.66. The Balaban J connectivity index is 1.64. The molecule has 0 amide bonds. The van der Waals surface area contributed by atoms with Gasteiger partial charge < -0.3 is 15.0 Å². The highest BCUT2D eigenvalue weighted by atomic mass is 16.5. The molecule has 1 saturated carbocycles. The van der Waals surface area contributed by atoms with Crippen molar-refractivity contribution in [3.63, 3.8) is 0 Å². The summed E-state index contributed by atoms with van der Waals surface area (Å²) in [6, 6.07) is 0.722. The van der Waals surface area contributed by atoms with Crippen LogP contribution in [0.3, 0.4) is 0 Å². The van der Waals surface area contributed by atoms with E-state index in [1.165, 1.54) is 18.4 Å². The van der Waals surface area contributed by atoms with Gasteiger partial charge in [0, 0.05) is 50.2 Å². The van der Waals surface area contributed by atoms with Gasteiger partial charge in [0.1, 0.15) is 0 Å². The van der Waals surface area contributed by atoms with Crippen molar-refractivity contribution >= 4 is 5.95 Å². The van der Waals surface area contributed by atoms with E-state index in [0.29, 0.717) is 6.10 Å². The van der Waals surface area contributed by atoms with E-state index in [4.69, 9.17) is 4.74 Å². The summed E-state index contributed by atoms with van der Waals surface area (Å²) < 4.78 is 5.38. The van der Waals surface area contributed by atoms with Crippen LogP contribution >= 0.6 is 0 Å². The van der Waals surface area contributed by atoms with E-state index < -0.39 is 0 Å². The zero-order chi connectivity index (χ0) is 13.2. The summed E-state index contributed by atoms with van der Waals surface area (Å²) >= 11 is 0. The summed E-state index contributed by atoms with van der Waals surface area (Å²) in [6.45, 7) is 4.84. The molecule has 1 unspecified atom stereocenters. The van der Waals surface area contributed by atoms with Gasteiger partial charge in [0.2, 0.25) is 5.95 Å². The van der Waals surface area contributed by atoms with E-state index in [-0.39, 0.29) is 0 Å². The number of ether oxygens (including phenoxy) is 1. The Morgan fingerprint density at radius 2 is 2.26 bits per heavy atom. The molecule has 2 aliphatic rings. The molecule has 3 rings (SSSR count). The highest BCUT2D eigenvalue weighted by Gasteiger charge is 2.24. The van der Waals surface area contributed by atoms with Gasteiger partial charge in [0.25, 0.3) is 0 Å². The number of anilines is 1. The average molecular weight is 262 g/mol. The highest BCUT2D eigenvalue weighted by Crippen LogP contribution is 2.21. The second kappa shape index (κ2) is 5.43. The molecule has 1 N–H and O–H groups in total. The Morgan fingerprint density at radius 3 is 2.89 bits per heavy atom. The number of rotatable bonds is 5. The molecule has 2 heterocycles. The van der Waals surface area contributed by atoms with Crippen molar-refractivity contribution in [3.8, 4) is 0 Å². The fourth-order valence-corrected chi connectivity index (χ4v) is 2.45. The highest BCUT2D eigenvalue weighted by molar-refractivity contribution is 5.34. The SMILES string of the molecule is COC1CCN(c2ncc(CNC3CC3)c(C)n2)C1. The van der Waals surface area contributed by atoms with E-state index in [2.05, 4.69) is 27.1 Å². The first-order valence-corrected chi connectivity index (χ1v) is 7.10. The minimum Gasteiger partial charge on any atom is -0.380 e. The second-order valence-corrected chi connectivity index (χ2v) is 5.53. The number of nitrogens with zero attached hydrogens (tertiary/aromatic N) is 3. The largest absolute Gasteiger partial charge is 0.380 e. The van der Waals surface area contributed by atoms with Crippen molar-refractivity contribution in [2.45, 2.75) is 44.9 Å². The molecule has 1 aliphatic carbocycles. The van der Waals surface area contributed by atoms with Crippen LogP contribution in [0.2, 0.25) is 0 Å². The van der Waals surface area contributed by atoms with Gasteiger partial charge in [-0.1, -0.05) is 0 Å². The first-order valence-electron chi connectivity index (χ1n) is 7.10. The van der Waals surface area contributed by atoms with Gasteiger partial charge >= 0.3 is 0 Å². The Labute approximate surface area is 114 Å². The summed E-state index contributed by atoms with van der Waals surface area (Å²) in [5.41, 5.74) is 2.29.